The maximum atomic E-state index is 10.00. The SMILES string of the molecule is CCOc1ccc2nc(/N=C/c3nc(-c4ccc(Br)cc4)oc3O)sc2c1. The molecule has 0 radical (unpaired) electrons. The molecule has 0 fully saturated rings. The molecule has 0 aliphatic carbocycles. The Morgan fingerprint density at radius 3 is 2.81 bits per heavy atom. The molecule has 2 heterocycles. The predicted molar refractivity (Wildman–Crippen MR) is 109 cm³/mol. The van der Waals surface area contributed by atoms with Crippen LogP contribution >= 0.6 is 27.3 Å². The summed E-state index contributed by atoms with van der Waals surface area (Å²) in [4.78, 5) is 13.1. The fourth-order valence-electron chi connectivity index (χ4n) is 2.44. The first-order valence-corrected chi connectivity index (χ1v) is 9.76. The lowest BCUT2D eigenvalue weighted by Crippen LogP contribution is -1.89. The summed E-state index contributed by atoms with van der Waals surface area (Å²) in [5.74, 6) is 0.848. The molecule has 0 unspecified atom stereocenters. The predicted octanol–water partition coefficient (Wildman–Crippen LogP) is 5.57. The summed E-state index contributed by atoms with van der Waals surface area (Å²) in [6.07, 6.45) is 1.45. The third-order valence-electron chi connectivity index (χ3n) is 3.68. The zero-order valence-electron chi connectivity index (χ0n) is 14.2. The summed E-state index contributed by atoms with van der Waals surface area (Å²) in [5, 5.41) is 10.6. The molecule has 6 nitrogen and oxygen atoms in total. The number of aromatic hydroxyl groups is 1. The number of hydrogen-bond acceptors (Lipinski definition) is 7. The number of aliphatic imine (C=N–C) groups is 1. The molecule has 0 spiro atoms. The number of thiazole rings is 1. The molecule has 4 aromatic rings. The minimum Gasteiger partial charge on any atom is -0.494 e. The van der Waals surface area contributed by atoms with Crippen molar-refractivity contribution in [3.8, 4) is 23.1 Å². The van der Waals surface area contributed by atoms with Gasteiger partial charge in [0.2, 0.25) is 11.0 Å². The highest BCUT2D eigenvalue weighted by Crippen LogP contribution is 2.31. The smallest absolute Gasteiger partial charge is 0.312 e. The Hall–Kier alpha value is -2.71. The molecule has 0 saturated heterocycles. The molecule has 8 heteroatoms. The van der Waals surface area contributed by atoms with Crippen molar-refractivity contribution in [2.45, 2.75) is 6.92 Å². The normalized spacial score (nSPS) is 11.5. The number of aromatic nitrogens is 2. The van der Waals surface area contributed by atoms with E-state index in [1.807, 2.05) is 49.4 Å². The van der Waals surface area contributed by atoms with Crippen molar-refractivity contribution in [2.75, 3.05) is 6.61 Å². The lowest BCUT2D eigenvalue weighted by molar-refractivity contribution is 0.337. The number of benzene rings is 2. The molecular weight excluding hydrogens is 430 g/mol. The minimum absolute atomic E-state index is 0.252. The van der Waals surface area contributed by atoms with Crippen LogP contribution in [0.25, 0.3) is 21.7 Å². The van der Waals surface area contributed by atoms with E-state index in [0.29, 0.717) is 17.6 Å². The average molecular weight is 444 g/mol. The molecule has 2 aromatic carbocycles. The minimum atomic E-state index is -0.281. The molecule has 0 bridgehead atoms. The molecule has 2 aromatic heterocycles. The van der Waals surface area contributed by atoms with Gasteiger partial charge in [-0.25, -0.2) is 15.0 Å². The Bertz CT molecular complexity index is 1120. The monoisotopic (exact) mass is 443 g/mol. The standard InChI is InChI=1S/C19H14BrN3O3S/c1-2-25-13-7-8-14-16(9-13)27-19(23-14)21-10-15-18(24)26-17(22-15)11-3-5-12(20)6-4-11/h3-10,24H,2H2,1H3/b21-10+. The molecule has 0 aliphatic rings. The lowest BCUT2D eigenvalue weighted by atomic mass is 10.2. The summed E-state index contributed by atoms with van der Waals surface area (Å²) in [6, 6.07) is 13.2. The van der Waals surface area contributed by atoms with Crippen LogP contribution < -0.4 is 4.74 Å². The Balaban J connectivity index is 1.59. The molecule has 136 valence electrons. The van der Waals surface area contributed by atoms with Crippen molar-refractivity contribution < 1.29 is 14.3 Å². The van der Waals surface area contributed by atoms with Gasteiger partial charge < -0.3 is 14.3 Å². The molecular formula is C19H14BrN3O3S. The summed E-state index contributed by atoms with van der Waals surface area (Å²) < 4.78 is 12.8. The van der Waals surface area contributed by atoms with Crippen molar-refractivity contribution in [3.05, 3.63) is 52.6 Å². The van der Waals surface area contributed by atoms with Crippen molar-refractivity contribution in [2.24, 2.45) is 4.99 Å². The van der Waals surface area contributed by atoms with Crippen LogP contribution in [0.5, 0.6) is 11.7 Å². The maximum Gasteiger partial charge on any atom is 0.312 e. The van der Waals surface area contributed by atoms with Gasteiger partial charge in [-0.3, -0.25) is 0 Å². The van der Waals surface area contributed by atoms with Crippen LogP contribution in [0.4, 0.5) is 5.13 Å². The molecule has 0 saturated carbocycles. The van der Waals surface area contributed by atoms with Crippen LogP contribution in [-0.4, -0.2) is 27.9 Å². The molecule has 0 amide bonds. The van der Waals surface area contributed by atoms with E-state index in [-0.39, 0.29) is 11.6 Å². The highest BCUT2D eigenvalue weighted by molar-refractivity contribution is 9.10. The Kier molecular flexibility index (Phi) is 4.91. The second-order valence-corrected chi connectivity index (χ2v) is 7.46. The van der Waals surface area contributed by atoms with Crippen molar-refractivity contribution in [1.82, 2.24) is 9.97 Å². The van der Waals surface area contributed by atoms with Gasteiger partial charge in [0.1, 0.15) is 5.75 Å². The van der Waals surface area contributed by atoms with Crippen LogP contribution in [0.2, 0.25) is 0 Å². The van der Waals surface area contributed by atoms with Crippen LogP contribution in [0.3, 0.4) is 0 Å². The Morgan fingerprint density at radius 1 is 1.22 bits per heavy atom. The van der Waals surface area contributed by atoms with Gasteiger partial charge in [-0.2, -0.15) is 0 Å². The summed E-state index contributed by atoms with van der Waals surface area (Å²) >= 11 is 4.81. The maximum absolute atomic E-state index is 10.00. The number of oxazole rings is 1. The lowest BCUT2D eigenvalue weighted by Gasteiger charge is -2.00. The number of fused-ring (bicyclic) bond motifs is 1. The highest BCUT2D eigenvalue weighted by Gasteiger charge is 2.13. The molecule has 0 aliphatic heterocycles. The molecule has 1 N–H and O–H groups in total. The largest absolute Gasteiger partial charge is 0.494 e. The summed E-state index contributed by atoms with van der Waals surface area (Å²) in [6.45, 7) is 2.56. The first kappa shape index (κ1) is 17.7. The summed E-state index contributed by atoms with van der Waals surface area (Å²) in [7, 11) is 0. The second kappa shape index (κ2) is 7.50. The van der Waals surface area contributed by atoms with E-state index in [1.165, 1.54) is 17.6 Å². The number of rotatable bonds is 5. The van der Waals surface area contributed by atoms with Gasteiger partial charge >= 0.3 is 5.95 Å². The van der Waals surface area contributed by atoms with Crippen LogP contribution in [0, 0.1) is 0 Å². The van der Waals surface area contributed by atoms with Gasteiger partial charge in [-0.15, -0.1) is 0 Å². The van der Waals surface area contributed by atoms with E-state index in [1.54, 1.807) is 0 Å². The topological polar surface area (TPSA) is 80.7 Å². The Labute approximate surface area is 167 Å². The fourth-order valence-corrected chi connectivity index (χ4v) is 3.55. The van der Waals surface area contributed by atoms with Crippen LogP contribution in [-0.2, 0) is 0 Å². The number of hydrogen-bond donors (Lipinski definition) is 1. The fraction of sp³-hybridized carbons (Fsp3) is 0.105. The van der Waals surface area contributed by atoms with E-state index < -0.39 is 0 Å². The quantitative estimate of drug-likeness (QED) is 0.407. The molecule has 4 rings (SSSR count). The molecule has 27 heavy (non-hydrogen) atoms. The van der Waals surface area contributed by atoms with E-state index in [9.17, 15) is 5.11 Å². The van der Waals surface area contributed by atoms with Crippen molar-refractivity contribution in [3.63, 3.8) is 0 Å². The van der Waals surface area contributed by atoms with Gasteiger partial charge in [-0.05, 0) is 49.4 Å². The highest BCUT2D eigenvalue weighted by atomic mass is 79.9. The first-order chi connectivity index (χ1) is 13.1. The number of nitrogens with zero attached hydrogens (tertiary/aromatic N) is 3. The van der Waals surface area contributed by atoms with E-state index >= 15 is 0 Å². The van der Waals surface area contributed by atoms with E-state index in [4.69, 9.17) is 9.15 Å². The van der Waals surface area contributed by atoms with Crippen molar-refractivity contribution in [1.29, 1.82) is 0 Å². The van der Waals surface area contributed by atoms with Crippen LogP contribution in [0.1, 0.15) is 12.6 Å². The average Bonchev–Trinajstić information content (AvgIpc) is 3.23. The van der Waals surface area contributed by atoms with Gasteiger partial charge in [0, 0.05) is 10.0 Å². The third-order valence-corrected chi connectivity index (χ3v) is 5.14. The van der Waals surface area contributed by atoms with E-state index in [0.717, 1.165) is 26.0 Å². The van der Waals surface area contributed by atoms with Gasteiger partial charge in [0.25, 0.3) is 0 Å². The first-order valence-electron chi connectivity index (χ1n) is 8.15. The second-order valence-electron chi connectivity index (χ2n) is 5.53. The number of halogens is 1. The third kappa shape index (κ3) is 3.86. The van der Waals surface area contributed by atoms with Gasteiger partial charge in [-0.1, -0.05) is 27.3 Å². The van der Waals surface area contributed by atoms with Crippen LogP contribution in [0.15, 0.2) is 56.3 Å². The summed E-state index contributed by atoms with van der Waals surface area (Å²) in [5.41, 5.74) is 1.86. The molecule has 0 atom stereocenters. The zero-order valence-corrected chi connectivity index (χ0v) is 16.6. The number of ether oxygens (including phenoxy) is 1. The Morgan fingerprint density at radius 2 is 2.04 bits per heavy atom. The van der Waals surface area contributed by atoms with E-state index in [2.05, 4.69) is 30.9 Å². The van der Waals surface area contributed by atoms with Gasteiger partial charge in [0.15, 0.2) is 5.69 Å². The zero-order chi connectivity index (χ0) is 18.8. The van der Waals surface area contributed by atoms with Crippen molar-refractivity contribution >= 4 is 48.8 Å². The van der Waals surface area contributed by atoms with Gasteiger partial charge in [0.05, 0.1) is 23.0 Å².